The van der Waals surface area contributed by atoms with E-state index in [2.05, 4.69) is 26.7 Å². The first-order valence-electron chi connectivity index (χ1n) is 6.07. The highest BCUT2D eigenvalue weighted by atomic mass is 16.2. The highest BCUT2D eigenvalue weighted by Gasteiger charge is 1.99. The number of aliphatic hydroxyl groups is 1. The molecule has 0 aliphatic heterocycles. The molecule has 1 rings (SSSR count). The fourth-order valence-corrected chi connectivity index (χ4v) is 1.12. The number of nitrogens with zero attached hydrogens (tertiary/aromatic N) is 1. The summed E-state index contributed by atoms with van der Waals surface area (Å²) in [4.78, 5) is 2.04. The number of anilines is 1. The van der Waals surface area contributed by atoms with E-state index in [-0.39, 0.29) is 6.61 Å². The van der Waals surface area contributed by atoms with Gasteiger partial charge in [-0.15, -0.1) is 12.8 Å². The average molecular weight is 247 g/mol. The second kappa shape index (κ2) is 13.3. The highest BCUT2D eigenvalue weighted by Crippen LogP contribution is 2.15. The first-order chi connectivity index (χ1) is 8.67. The molecule has 0 saturated carbocycles. The van der Waals surface area contributed by atoms with Gasteiger partial charge in [-0.05, 0) is 25.1 Å². The highest BCUT2D eigenvalue weighted by molar-refractivity contribution is 5.50. The van der Waals surface area contributed by atoms with E-state index in [9.17, 15) is 0 Å². The van der Waals surface area contributed by atoms with Crippen LogP contribution < -0.4 is 4.90 Å². The molecule has 2 heteroatoms. The van der Waals surface area contributed by atoms with E-state index in [0.717, 1.165) is 11.4 Å². The molecule has 1 aromatic rings. The maximum Gasteiger partial charge on any atom is 0.0632 e. The van der Waals surface area contributed by atoms with Crippen molar-refractivity contribution in [3.05, 3.63) is 42.1 Å². The van der Waals surface area contributed by atoms with Gasteiger partial charge in [0.15, 0.2) is 0 Å². The zero-order valence-electron chi connectivity index (χ0n) is 11.9. The van der Waals surface area contributed by atoms with Gasteiger partial charge in [0.25, 0.3) is 0 Å². The molecule has 0 amide bonds. The van der Waals surface area contributed by atoms with E-state index in [1.807, 2.05) is 49.2 Å². The van der Waals surface area contributed by atoms with Crippen molar-refractivity contribution in [1.29, 1.82) is 0 Å². The SMILES string of the molecule is C#C.C/C(=C/CO)N(C)c1ccccc1.CCC. The molecule has 0 spiro atoms. The Morgan fingerprint density at radius 2 is 1.67 bits per heavy atom. The fraction of sp³-hybridized carbons (Fsp3) is 0.375. The van der Waals surface area contributed by atoms with Gasteiger partial charge in [0.2, 0.25) is 0 Å². The van der Waals surface area contributed by atoms with E-state index in [1.54, 1.807) is 6.08 Å². The fourth-order valence-electron chi connectivity index (χ4n) is 1.12. The van der Waals surface area contributed by atoms with Crippen LogP contribution in [-0.4, -0.2) is 18.8 Å². The van der Waals surface area contributed by atoms with Crippen LogP contribution in [0, 0.1) is 12.8 Å². The molecular formula is C16H25NO. The number of benzene rings is 1. The maximum atomic E-state index is 8.73. The Bertz CT molecular complexity index is 327. The molecule has 0 aliphatic carbocycles. The van der Waals surface area contributed by atoms with Crippen molar-refractivity contribution in [2.75, 3.05) is 18.6 Å². The first-order valence-corrected chi connectivity index (χ1v) is 6.07. The lowest BCUT2D eigenvalue weighted by Gasteiger charge is -2.19. The second-order valence-electron chi connectivity index (χ2n) is 3.63. The van der Waals surface area contributed by atoms with Crippen molar-refractivity contribution >= 4 is 5.69 Å². The summed E-state index contributed by atoms with van der Waals surface area (Å²) >= 11 is 0. The summed E-state index contributed by atoms with van der Waals surface area (Å²) in [5, 5.41) is 8.73. The van der Waals surface area contributed by atoms with Crippen LogP contribution in [0.3, 0.4) is 0 Å². The predicted octanol–water partition coefficient (Wildman–Crippen LogP) is 3.68. The lowest BCUT2D eigenvalue weighted by Crippen LogP contribution is -2.14. The molecule has 100 valence electrons. The Labute approximate surface area is 112 Å². The van der Waals surface area contributed by atoms with Crippen LogP contribution in [0.25, 0.3) is 0 Å². The number of terminal acetylenes is 1. The largest absolute Gasteiger partial charge is 0.392 e. The van der Waals surface area contributed by atoms with Gasteiger partial charge in [0, 0.05) is 18.4 Å². The summed E-state index contributed by atoms with van der Waals surface area (Å²) in [6.07, 6.45) is 11.0. The lowest BCUT2D eigenvalue weighted by molar-refractivity contribution is 0.341. The molecule has 0 radical (unpaired) electrons. The predicted molar refractivity (Wildman–Crippen MR) is 81.5 cm³/mol. The number of aliphatic hydroxyl groups excluding tert-OH is 1. The van der Waals surface area contributed by atoms with Gasteiger partial charge in [0.1, 0.15) is 0 Å². The number of hydrogen-bond donors (Lipinski definition) is 1. The molecule has 0 saturated heterocycles. The van der Waals surface area contributed by atoms with Crippen LogP contribution >= 0.6 is 0 Å². The third-order valence-electron chi connectivity index (χ3n) is 2.06. The van der Waals surface area contributed by atoms with Gasteiger partial charge in [0.05, 0.1) is 6.61 Å². The van der Waals surface area contributed by atoms with Gasteiger partial charge >= 0.3 is 0 Å². The molecule has 18 heavy (non-hydrogen) atoms. The minimum absolute atomic E-state index is 0.0863. The normalized spacial score (nSPS) is 9.39. The Kier molecular flexibility index (Phi) is 13.8. The van der Waals surface area contributed by atoms with E-state index < -0.39 is 0 Å². The second-order valence-corrected chi connectivity index (χ2v) is 3.63. The molecule has 0 heterocycles. The summed E-state index contributed by atoms with van der Waals surface area (Å²) in [5.74, 6) is 0. The third-order valence-corrected chi connectivity index (χ3v) is 2.06. The Balaban J connectivity index is 0. The van der Waals surface area contributed by atoms with Crippen molar-refractivity contribution in [2.45, 2.75) is 27.2 Å². The molecule has 0 aromatic heterocycles. The van der Waals surface area contributed by atoms with Crippen molar-refractivity contribution in [3.63, 3.8) is 0 Å². The summed E-state index contributed by atoms with van der Waals surface area (Å²) in [6.45, 7) is 6.31. The van der Waals surface area contributed by atoms with Crippen LogP contribution in [-0.2, 0) is 0 Å². The summed E-state index contributed by atoms with van der Waals surface area (Å²) in [6, 6.07) is 10.1. The molecule has 0 fully saturated rings. The molecule has 1 aromatic carbocycles. The molecule has 1 N–H and O–H groups in total. The first kappa shape index (κ1) is 18.6. The molecule has 0 bridgehead atoms. The topological polar surface area (TPSA) is 23.5 Å². The molecule has 0 atom stereocenters. The minimum atomic E-state index is 0.0863. The van der Waals surface area contributed by atoms with E-state index in [1.165, 1.54) is 6.42 Å². The maximum absolute atomic E-state index is 8.73. The van der Waals surface area contributed by atoms with Crippen molar-refractivity contribution < 1.29 is 5.11 Å². The average Bonchev–Trinajstić information content (AvgIpc) is 2.42. The van der Waals surface area contributed by atoms with Crippen LogP contribution in [0.15, 0.2) is 42.1 Å². The molecule has 0 aliphatic rings. The summed E-state index contributed by atoms with van der Waals surface area (Å²) in [7, 11) is 1.98. The molecular weight excluding hydrogens is 222 g/mol. The zero-order chi connectivity index (χ0) is 14.4. The van der Waals surface area contributed by atoms with Crippen LogP contribution in [0.2, 0.25) is 0 Å². The minimum Gasteiger partial charge on any atom is -0.392 e. The molecule has 0 unspecified atom stereocenters. The van der Waals surface area contributed by atoms with Crippen molar-refractivity contribution in [2.24, 2.45) is 0 Å². The van der Waals surface area contributed by atoms with Gasteiger partial charge in [-0.3, -0.25) is 0 Å². The van der Waals surface area contributed by atoms with Gasteiger partial charge in [-0.25, -0.2) is 0 Å². The smallest absolute Gasteiger partial charge is 0.0632 e. The number of allylic oxidation sites excluding steroid dienone is 1. The number of hydrogen-bond acceptors (Lipinski definition) is 2. The monoisotopic (exact) mass is 247 g/mol. The van der Waals surface area contributed by atoms with Crippen LogP contribution in [0.5, 0.6) is 0 Å². The standard InChI is InChI=1S/C11H15NO.C3H8.C2H2/c1-10(8-9-13)12(2)11-6-4-3-5-7-11;1-3-2;1-2/h3-8,13H,9H2,1-2H3;3H2,1-2H3;1-2H/b10-8-;;. The Morgan fingerprint density at radius 3 is 2.06 bits per heavy atom. The van der Waals surface area contributed by atoms with Crippen LogP contribution in [0.1, 0.15) is 27.2 Å². The van der Waals surface area contributed by atoms with Crippen molar-refractivity contribution in [3.8, 4) is 12.8 Å². The van der Waals surface area contributed by atoms with Crippen molar-refractivity contribution in [1.82, 2.24) is 0 Å². The van der Waals surface area contributed by atoms with E-state index >= 15 is 0 Å². The summed E-state index contributed by atoms with van der Waals surface area (Å²) < 4.78 is 0. The van der Waals surface area contributed by atoms with E-state index in [4.69, 9.17) is 5.11 Å². The lowest BCUT2D eigenvalue weighted by atomic mass is 10.3. The third kappa shape index (κ3) is 8.43. The van der Waals surface area contributed by atoms with Gasteiger partial charge in [-0.1, -0.05) is 38.5 Å². The quantitative estimate of drug-likeness (QED) is 0.824. The zero-order valence-corrected chi connectivity index (χ0v) is 11.9. The number of para-hydroxylation sites is 1. The summed E-state index contributed by atoms with van der Waals surface area (Å²) in [5.41, 5.74) is 2.18. The van der Waals surface area contributed by atoms with E-state index in [0.29, 0.717) is 0 Å². The van der Waals surface area contributed by atoms with Gasteiger partial charge in [-0.2, -0.15) is 0 Å². The molecule has 2 nitrogen and oxygen atoms in total. The van der Waals surface area contributed by atoms with Crippen LogP contribution in [0.4, 0.5) is 5.69 Å². The number of rotatable bonds is 3. The Morgan fingerprint density at radius 1 is 1.22 bits per heavy atom. The van der Waals surface area contributed by atoms with Gasteiger partial charge < -0.3 is 10.0 Å². The Hall–Kier alpha value is -1.72.